The molecule has 26 heavy (non-hydrogen) atoms. The number of pyridine rings is 1. The Hall–Kier alpha value is -2.48. The van der Waals surface area contributed by atoms with Crippen molar-refractivity contribution in [1.29, 1.82) is 0 Å². The Labute approximate surface area is 157 Å². The summed E-state index contributed by atoms with van der Waals surface area (Å²) in [4.78, 5) is 19.2. The van der Waals surface area contributed by atoms with E-state index >= 15 is 0 Å². The molecule has 138 valence electrons. The van der Waals surface area contributed by atoms with Gasteiger partial charge < -0.3 is 5.11 Å². The number of aromatic amines is 1. The Kier molecular flexibility index (Phi) is 5.51. The Balaban J connectivity index is 2.01. The van der Waals surface area contributed by atoms with Gasteiger partial charge in [0.25, 0.3) is 5.56 Å². The summed E-state index contributed by atoms with van der Waals surface area (Å²) in [5, 5.41) is 17.2. The number of piperidine rings is 1. The first-order chi connectivity index (χ1) is 12.5. The normalized spacial score (nSPS) is 18.2. The lowest BCUT2D eigenvalue weighted by atomic mass is 9.98. The summed E-state index contributed by atoms with van der Waals surface area (Å²) in [5.74, 6) is -0.141. The minimum atomic E-state index is -0.423. The SMILES string of the molecule is CCn1c(O)c(C(C)=NN2CCCC[C@H]2c2cccnc2)c(=O)[nH]c1=S. The van der Waals surface area contributed by atoms with E-state index < -0.39 is 5.56 Å². The molecule has 1 atom stereocenters. The Morgan fingerprint density at radius 2 is 2.31 bits per heavy atom. The quantitative estimate of drug-likeness (QED) is 0.636. The summed E-state index contributed by atoms with van der Waals surface area (Å²) >= 11 is 5.11. The molecule has 0 radical (unpaired) electrons. The zero-order chi connectivity index (χ0) is 18.7. The highest BCUT2D eigenvalue weighted by atomic mass is 32.1. The third kappa shape index (κ3) is 3.55. The molecular formula is C18H23N5O2S. The summed E-state index contributed by atoms with van der Waals surface area (Å²) in [6.07, 6.45) is 6.75. The molecule has 0 amide bonds. The minimum absolute atomic E-state index is 0.116. The number of nitrogens with zero attached hydrogens (tertiary/aromatic N) is 4. The molecule has 0 aromatic carbocycles. The smallest absolute Gasteiger partial charge is 0.264 e. The average molecular weight is 373 g/mol. The summed E-state index contributed by atoms with van der Waals surface area (Å²) < 4.78 is 1.69. The van der Waals surface area contributed by atoms with Crippen molar-refractivity contribution in [3.8, 4) is 5.88 Å². The van der Waals surface area contributed by atoms with Crippen LogP contribution in [0.2, 0.25) is 0 Å². The van der Waals surface area contributed by atoms with Crippen molar-refractivity contribution < 1.29 is 5.11 Å². The molecule has 2 aromatic rings. The van der Waals surface area contributed by atoms with Crippen LogP contribution in [0.15, 0.2) is 34.4 Å². The fourth-order valence-corrected chi connectivity index (χ4v) is 3.68. The van der Waals surface area contributed by atoms with E-state index in [1.54, 1.807) is 13.1 Å². The van der Waals surface area contributed by atoms with Crippen molar-refractivity contribution in [3.05, 3.63) is 50.8 Å². The fraction of sp³-hybridized carbons (Fsp3) is 0.444. The first-order valence-electron chi connectivity index (χ1n) is 8.81. The number of rotatable bonds is 4. The Bertz CT molecular complexity index is 919. The Morgan fingerprint density at radius 1 is 1.50 bits per heavy atom. The molecular weight excluding hydrogens is 350 g/mol. The maximum Gasteiger partial charge on any atom is 0.264 e. The van der Waals surface area contributed by atoms with E-state index in [-0.39, 0.29) is 22.3 Å². The predicted molar refractivity (Wildman–Crippen MR) is 103 cm³/mol. The van der Waals surface area contributed by atoms with Crippen LogP contribution in [0.3, 0.4) is 0 Å². The van der Waals surface area contributed by atoms with Crippen molar-refractivity contribution in [2.24, 2.45) is 5.10 Å². The van der Waals surface area contributed by atoms with Crippen LogP contribution in [0, 0.1) is 4.77 Å². The van der Waals surface area contributed by atoms with Crippen molar-refractivity contribution in [2.45, 2.75) is 45.7 Å². The van der Waals surface area contributed by atoms with Crippen molar-refractivity contribution in [3.63, 3.8) is 0 Å². The minimum Gasteiger partial charge on any atom is -0.494 e. The van der Waals surface area contributed by atoms with Crippen LogP contribution >= 0.6 is 12.2 Å². The molecule has 1 aliphatic rings. The molecule has 2 aromatic heterocycles. The van der Waals surface area contributed by atoms with Crippen LogP contribution in [-0.4, -0.2) is 36.9 Å². The molecule has 3 rings (SSSR count). The maximum atomic E-state index is 12.4. The lowest BCUT2D eigenvalue weighted by molar-refractivity contribution is 0.155. The molecule has 0 bridgehead atoms. The zero-order valence-electron chi connectivity index (χ0n) is 15.0. The van der Waals surface area contributed by atoms with Gasteiger partial charge >= 0.3 is 0 Å². The van der Waals surface area contributed by atoms with Crippen molar-refractivity contribution >= 4 is 17.9 Å². The second-order valence-corrected chi connectivity index (χ2v) is 6.74. The highest BCUT2D eigenvalue weighted by molar-refractivity contribution is 7.71. The lowest BCUT2D eigenvalue weighted by Crippen LogP contribution is -2.31. The van der Waals surface area contributed by atoms with Crippen LogP contribution in [0.1, 0.15) is 50.3 Å². The molecule has 0 unspecified atom stereocenters. The van der Waals surface area contributed by atoms with Crippen LogP contribution in [-0.2, 0) is 6.54 Å². The molecule has 0 saturated carbocycles. The highest BCUT2D eigenvalue weighted by Crippen LogP contribution is 2.31. The fourth-order valence-electron chi connectivity index (χ4n) is 3.37. The first kappa shape index (κ1) is 18.3. The van der Waals surface area contributed by atoms with E-state index in [1.807, 2.05) is 30.3 Å². The van der Waals surface area contributed by atoms with Gasteiger partial charge in [0.05, 0.1) is 11.8 Å². The van der Waals surface area contributed by atoms with Crippen LogP contribution in [0.25, 0.3) is 0 Å². The molecule has 7 nitrogen and oxygen atoms in total. The summed E-state index contributed by atoms with van der Waals surface area (Å²) in [6, 6.07) is 4.08. The number of hydrogen-bond donors (Lipinski definition) is 2. The molecule has 8 heteroatoms. The molecule has 1 saturated heterocycles. The summed E-state index contributed by atoms with van der Waals surface area (Å²) in [6.45, 7) is 4.85. The number of aromatic nitrogens is 3. The second kappa shape index (κ2) is 7.82. The van der Waals surface area contributed by atoms with E-state index in [2.05, 4.69) is 15.1 Å². The average Bonchev–Trinajstić information content (AvgIpc) is 2.63. The lowest BCUT2D eigenvalue weighted by Gasteiger charge is -2.34. The highest BCUT2D eigenvalue weighted by Gasteiger charge is 2.24. The third-order valence-electron chi connectivity index (χ3n) is 4.67. The van der Waals surface area contributed by atoms with Crippen molar-refractivity contribution in [2.75, 3.05) is 6.54 Å². The van der Waals surface area contributed by atoms with Crippen LogP contribution in [0.5, 0.6) is 5.88 Å². The van der Waals surface area contributed by atoms with Gasteiger partial charge in [-0.3, -0.25) is 24.3 Å². The summed E-state index contributed by atoms with van der Waals surface area (Å²) in [7, 11) is 0. The predicted octanol–water partition coefficient (Wildman–Crippen LogP) is 2.98. The largest absolute Gasteiger partial charge is 0.494 e. The van der Waals surface area contributed by atoms with Gasteiger partial charge in [-0.1, -0.05) is 6.07 Å². The van der Waals surface area contributed by atoms with Gasteiger partial charge in [0, 0.05) is 25.5 Å². The Morgan fingerprint density at radius 3 is 3.00 bits per heavy atom. The molecule has 0 aliphatic carbocycles. The van der Waals surface area contributed by atoms with Gasteiger partial charge in [-0.05, 0) is 57.0 Å². The molecule has 1 aliphatic heterocycles. The number of hydrogen-bond acceptors (Lipinski definition) is 6. The second-order valence-electron chi connectivity index (χ2n) is 6.35. The van der Waals surface area contributed by atoms with Gasteiger partial charge in [-0.15, -0.1) is 0 Å². The van der Waals surface area contributed by atoms with Crippen LogP contribution < -0.4 is 5.56 Å². The molecule has 0 spiro atoms. The van der Waals surface area contributed by atoms with E-state index in [0.717, 1.165) is 31.4 Å². The number of H-pyrrole nitrogens is 1. The number of nitrogens with one attached hydrogen (secondary N) is 1. The van der Waals surface area contributed by atoms with Crippen molar-refractivity contribution in [1.82, 2.24) is 19.5 Å². The van der Waals surface area contributed by atoms with E-state index in [0.29, 0.717) is 12.3 Å². The monoisotopic (exact) mass is 373 g/mol. The summed E-state index contributed by atoms with van der Waals surface area (Å²) in [5.41, 5.74) is 1.31. The number of aromatic hydroxyl groups is 1. The van der Waals surface area contributed by atoms with E-state index in [1.165, 1.54) is 4.57 Å². The molecule has 1 fully saturated rings. The zero-order valence-corrected chi connectivity index (χ0v) is 15.8. The first-order valence-corrected chi connectivity index (χ1v) is 9.22. The van der Waals surface area contributed by atoms with E-state index in [4.69, 9.17) is 12.2 Å². The topological polar surface area (TPSA) is 86.5 Å². The number of hydrazone groups is 1. The van der Waals surface area contributed by atoms with Crippen LogP contribution in [0.4, 0.5) is 0 Å². The van der Waals surface area contributed by atoms with E-state index in [9.17, 15) is 9.90 Å². The third-order valence-corrected chi connectivity index (χ3v) is 4.99. The van der Waals surface area contributed by atoms with Gasteiger partial charge in [-0.2, -0.15) is 5.10 Å². The van der Waals surface area contributed by atoms with Gasteiger partial charge in [-0.25, -0.2) is 0 Å². The van der Waals surface area contributed by atoms with Gasteiger partial charge in [0.15, 0.2) is 4.77 Å². The van der Waals surface area contributed by atoms with Gasteiger partial charge in [0.2, 0.25) is 5.88 Å². The molecule has 2 N–H and O–H groups in total. The standard InChI is InChI=1S/C18H23N5O2S/c1-3-22-17(25)15(16(24)20-18(22)26)12(2)21-23-10-5-4-8-14(23)13-7-6-9-19-11-13/h6-7,9,11,14,25H,3-5,8,10H2,1-2H3,(H,20,24,26)/t14-/m0/s1. The molecule has 3 heterocycles. The maximum absolute atomic E-state index is 12.4. The van der Waals surface area contributed by atoms with Gasteiger partial charge in [0.1, 0.15) is 5.56 Å².